The highest BCUT2D eigenvalue weighted by atomic mass is 19.1. The van der Waals surface area contributed by atoms with E-state index in [4.69, 9.17) is 9.47 Å². The molecule has 0 aromatic heterocycles. The third kappa shape index (κ3) is 4.71. The summed E-state index contributed by atoms with van der Waals surface area (Å²) >= 11 is 0. The normalized spacial score (nSPS) is 20.2. The van der Waals surface area contributed by atoms with E-state index >= 15 is 8.78 Å². The molecule has 0 saturated heterocycles. The first-order valence-corrected chi connectivity index (χ1v) is 10.7. The van der Waals surface area contributed by atoms with Gasteiger partial charge in [-0.3, -0.25) is 4.90 Å². The van der Waals surface area contributed by atoms with Crippen LogP contribution in [0.1, 0.15) is 49.1 Å². The number of fused-ring (bicyclic) bond motifs is 2. The zero-order chi connectivity index (χ0) is 23.9. The molecule has 2 aromatic rings. The van der Waals surface area contributed by atoms with Crippen LogP contribution in [0.4, 0.5) is 13.2 Å². The zero-order valence-electron chi connectivity index (χ0n) is 19.0. The lowest BCUT2D eigenvalue weighted by Crippen LogP contribution is -2.48. The number of benzene rings is 2. The molecule has 2 atom stereocenters. The van der Waals surface area contributed by atoms with Gasteiger partial charge in [0.2, 0.25) is 6.79 Å². The Balaban J connectivity index is 1.85. The number of halogens is 3. The van der Waals surface area contributed by atoms with Gasteiger partial charge in [-0.1, -0.05) is 0 Å². The van der Waals surface area contributed by atoms with Crippen molar-refractivity contribution in [2.24, 2.45) is 0 Å². The second-order valence-electron chi connectivity index (χ2n) is 9.01. The summed E-state index contributed by atoms with van der Waals surface area (Å²) in [4.78, 5) is 13.1. The zero-order valence-corrected chi connectivity index (χ0v) is 19.0. The minimum atomic E-state index is -1.59. The summed E-state index contributed by atoms with van der Waals surface area (Å²) in [7, 11) is 1.21. The van der Waals surface area contributed by atoms with Crippen molar-refractivity contribution in [3.8, 4) is 11.5 Å². The number of carbonyl (C=O) groups excluding carboxylic acids is 1. The van der Waals surface area contributed by atoms with Gasteiger partial charge in [-0.2, -0.15) is 0 Å². The molecule has 2 aromatic carbocycles. The van der Waals surface area contributed by atoms with Gasteiger partial charge < -0.3 is 14.2 Å². The minimum Gasteiger partial charge on any atom is -0.466 e. The van der Waals surface area contributed by atoms with Crippen LogP contribution in [-0.2, 0) is 16.0 Å². The Kier molecular flexibility index (Phi) is 6.14. The first-order valence-electron chi connectivity index (χ1n) is 10.7. The van der Waals surface area contributed by atoms with E-state index in [9.17, 15) is 9.18 Å². The van der Waals surface area contributed by atoms with Crippen LogP contribution in [0, 0.1) is 11.6 Å². The average Bonchev–Trinajstić information content (AvgIpc) is 3.18. The monoisotopic (exact) mass is 461 g/mol. The fraction of sp³-hybridized carbons (Fsp3) is 0.400. The lowest BCUT2D eigenvalue weighted by atomic mass is 9.83. The molecule has 4 rings (SSSR count). The minimum absolute atomic E-state index is 0.0183. The predicted molar refractivity (Wildman–Crippen MR) is 117 cm³/mol. The summed E-state index contributed by atoms with van der Waals surface area (Å²) in [6, 6.07) is 4.83. The largest absolute Gasteiger partial charge is 0.466 e. The highest BCUT2D eigenvalue weighted by Gasteiger charge is 2.40. The maximum atomic E-state index is 15.4. The summed E-state index contributed by atoms with van der Waals surface area (Å²) in [5.74, 6) is -1.13. The number of hydrogen-bond donors (Lipinski definition) is 0. The van der Waals surface area contributed by atoms with Crippen LogP contribution < -0.4 is 9.47 Å². The number of alkyl halides is 1. The smallest absolute Gasteiger partial charge is 0.330 e. The third-order valence-electron chi connectivity index (χ3n) is 5.89. The van der Waals surface area contributed by atoms with Gasteiger partial charge in [0.05, 0.1) is 13.2 Å². The van der Waals surface area contributed by atoms with Gasteiger partial charge in [0.1, 0.15) is 17.3 Å². The molecule has 0 bridgehead atoms. The second-order valence-corrected chi connectivity index (χ2v) is 9.01. The SMILES string of the molecule is COC(=O)/C=C/c1cc(F)c(C2c3cc4c(cc3CC(C)N2CC(C)(C)F)OCO4)c(F)c1. The van der Waals surface area contributed by atoms with Crippen molar-refractivity contribution >= 4 is 12.0 Å². The van der Waals surface area contributed by atoms with E-state index in [-0.39, 0.29) is 30.5 Å². The summed E-state index contributed by atoms with van der Waals surface area (Å²) in [6.07, 6.45) is 2.94. The van der Waals surface area contributed by atoms with Crippen molar-refractivity contribution in [3.63, 3.8) is 0 Å². The van der Waals surface area contributed by atoms with Gasteiger partial charge in [-0.15, -0.1) is 0 Å². The number of carbonyl (C=O) groups is 1. The summed E-state index contributed by atoms with van der Waals surface area (Å²) < 4.78 is 61.2. The average molecular weight is 461 g/mol. The molecule has 2 aliphatic heterocycles. The Labute approximate surface area is 190 Å². The fourth-order valence-corrected chi connectivity index (χ4v) is 4.50. The van der Waals surface area contributed by atoms with Crippen LogP contribution in [0.5, 0.6) is 11.5 Å². The molecule has 2 unspecified atom stereocenters. The molecule has 8 heteroatoms. The standard InChI is InChI=1S/C25H26F3NO4/c1-14-7-16-10-20-21(33-13-32-20)11-17(16)24(29(14)12-25(2,3)28)23-18(26)8-15(9-19(23)27)5-6-22(30)31-4/h5-6,8-11,14,24H,7,12-13H2,1-4H3/b6-5+. The van der Waals surface area contributed by atoms with Gasteiger partial charge in [-0.05, 0) is 74.2 Å². The molecule has 0 aliphatic carbocycles. The Morgan fingerprint density at radius 3 is 2.42 bits per heavy atom. The molecule has 0 saturated carbocycles. The molecule has 0 radical (unpaired) electrons. The summed E-state index contributed by atoms with van der Waals surface area (Å²) in [6.45, 7) is 4.85. The first kappa shape index (κ1) is 23.2. The number of ether oxygens (including phenoxy) is 3. The Hall–Kier alpha value is -3.00. The van der Waals surface area contributed by atoms with E-state index in [2.05, 4.69) is 4.74 Å². The van der Waals surface area contributed by atoms with Gasteiger partial charge in [0.25, 0.3) is 0 Å². The summed E-state index contributed by atoms with van der Waals surface area (Å²) in [5, 5.41) is 0. The van der Waals surface area contributed by atoms with Crippen LogP contribution in [0.2, 0.25) is 0 Å². The quantitative estimate of drug-likeness (QED) is 0.465. The van der Waals surface area contributed by atoms with Crippen molar-refractivity contribution in [2.75, 3.05) is 20.4 Å². The van der Waals surface area contributed by atoms with E-state index in [1.807, 2.05) is 13.0 Å². The van der Waals surface area contributed by atoms with Crippen LogP contribution >= 0.6 is 0 Å². The molecule has 33 heavy (non-hydrogen) atoms. The van der Waals surface area contributed by atoms with Crippen molar-refractivity contribution in [2.45, 2.75) is 44.9 Å². The second kappa shape index (κ2) is 8.74. The number of esters is 1. The highest BCUT2D eigenvalue weighted by Crippen LogP contribution is 2.46. The number of nitrogens with zero attached hydrogens (tertiary/aromatic N) is 1. The topological polar surface area (TPSA) is 48.0 Å². The number of rotatable bonds is 5. The molecular formula is C25H26F3NO4. The predicted octanol–water partition coefficient (Wildman–Crippen LogP) is 4.96. The molecule has 176 valence electrons. The van der Waals surface area contributed by atoms with Gasteiger partial charge in [0, 0.05) is 24.2 Å². The van der Waals surface area contributed by atoms with Crippen molar-refractivity contribution in [1.82, 2.24) is 4.90 Å². The van der Waals surface area contributed by atoms with Crippen LogP contribution in [0.15, 0.2) is 30.3 Å². The number of methoxy groups -OCH3 is 1. The van der Waals surface area contributed by atoms with E-state index in [0.717, 1.165) is 23.8 Å². The molecule has 0 N–H and O–H groups in total. The Morgan fingerprint density at radius 2 is 1.82 bits per heavy atom. The third-order valence-corrected chi connectivity index (χ3v) is 5.89. The fourth-order valence-electron chi connectivity index (χ4n) is 4.50. The first-order chi connectivity index (χ1) is 15.6. The molecule has 0 spiro atoms. The number of hydrogen-bond acceptors (Lipinski definition) is 5. The molecule has 0 fully saturated rings. The highest BCUT2D eigenvalue weighted by molar-refractivity contribution is 5.86. The van der Waals surface area contributed by atoms with E-state index in [1.165, 1.54) is 27.0 Å². The van der Waals surface area contributed by atoms with Crippen molar-refractivity contribution in [1.29, 1.82) is 0 Å². The van der Waals surface area contributed by atoms with Crippen molar-refractivity contribution < 1.29 is 32.2 Å². The summed E-state index contributed by atoms with van der Waals surface area (Å²) in [5.41, 5.74) is -0.0703. The van der Waals surface area contributed by atoms with Gasteiger partial charge in [0.15, 0.2) is 11.5 Å². The van der Waals surface area contributed by atoms with Gasteiger partial charge >= 0.3 is 5.97 Å². The van der Waals surface area contributed by atoms with E-state index in [1.54, 1.807) is 11.0 Å². The Bertz CT molecular complexity index is 1090. The van der Waals surface area contributed by atoms with Crippen LogP contribution in [0.25, 0.3) is 6.08 Å². The van der Waals surface area contributed by atoms with Crippen molar-refractivity contribution in [3.05, 3.63) is 64.2 Å². The van der Waals surface area contributed by atoms with Gasteiger partial charge in [-0.25, -0.2) is 18.0 Å². The van der Waals surface area contributed by atoms with E-state index in [0.29, 0.717) is 23.5 Å². The van der Waals surface area contributed by atoms with E-state index < -0.39 is 29.3 Å². The molecule has 2 aliphatic rings. The molecule has 2 heterocycles. The lowest BCUT2D eigenvalue weighted by molar-refractivity contribution is -0.134. The maximum Gasteiger partial charge on any atom is 0.330 e. The van der Waals surface area contributed by atoms with Crippen LogP contribution in [-0.4, -0.2) is 43.0 Å². The molecule has 0 amide bonds. The molecular weight excluding hydrogens is 435 g/mol. The Morgan fingerprint density at radius 1 is 1.18 bits per heavy atom. The van der Waals surface area contributed by atoms with Crippen LogP contribution in [0.3, 0.4) is 0 Å². The lowest BCUT2D eigenvalue weighted by Gasteiger charge is -2.44. The maximum absolute atomic E-state index is 15.4. The molecule has 5 nitrogen and oxygen atoms in total.